The second-order valence-electron chi connectivity index (χ2n) is 4.28. The van der Waals surface area contributed by atoms with Crippen LogP contribution in [-0.2, 0) is 4.79 Å². The number of carbonyl (C=O) groups is 1. The Morgan fingerprint density at radius 3 is 2.58 bits per heavy atom. The summed E-state index contributed by atoms with van der Waals surface area (Å²) in [4.78, 5) is 11.3. The van der Waals surface area contributed by atoms with Crippen LogP contribution in [0.4, 0.5) is 0 Å². The van der Waals surface area contributed by atoms with E-state index in [1.54, 1.807) is 0 Å². The molecule has 1 amide bonds. The maximum Gasteiger partial charge on any atom is 0.220 e. The van der Waals surface area contributed by atoms with Crippen LogP contribution in [0, 0.1) is 5.92 Å². The minimum Gasteiger partial charge on any atom is -0.350 e. The molecule has 0 aromatic rings. The number of rotatable bonds is 4. The lowest BCUT2D eigenvalue weighted by molar-refractivity contribution is -0.122. The molecule has 1 aliphatic rings. The van der Waals surface area contributed by atoms with Crippen molar-refractivity contribution in [1.29, 1.82) is 0 Å². The van der Waals surface area contributed by atoms with Gasteiger partial charge in [0.05, 0.1) is 0 Å². The molecule has 0 unspecified atom stereocenters. The molecule has 0 bridgehead atoms. The van der Waals surface area contributed by atoms with E-state index < -0.39 is 0 Å². The molecule has 0 aromatic carbocycles. The molecule has 1 saturated carbocycles. The normalized spacial score (nSPS) is 17.6. The maximum atomic E-state index is 11.3. The zero-order valence-corrected chi connectivity index (χ0v) is 7.89. The Kier molecular flexibility index (Phi) is 2.73. The average molecular weight is 170 g/mol. The lowest BCUT2D eigenvalue weighted by atomic mass is 10.1. The number of nitrogens with one attached hydrogen (secondary N) is 1. The smallest absolute Gasteiger partial charge is 0.220 e. The van der Waals surface area contributed by atoms with Crippen LogP contribution < -0.4 is 11.1 Å². The second kappa shape index (κ2) is 3.44. The topological polar surface area (TPSA) is 55.1 Å². The molecule has 70 valence electrons. The van der Waals surface area contributed by atoms with Crippen LogP contribution in [0.25, 0.3) is 0 Å². The molecule has 0 radical (unpaired) electrons. The van der Waals surface area contributed by atoms with Crippen LogP contribution in [0.1, 0.15) is 33.1 Å². The molecular formula is C9H18N2O. The van der Waals surface area contributed by atoms with E-state index >= 15 is 0 Å². The summed E-state index contributed by atoms with van der Waals surface area (Å²) in [5.74, 6) is 0.798. The fourth-order valence-electron chi connectivity index (χ4n) is 1.06. The first-order chi connectivity index (χ1) is 5.53. The molecule has 0 saturated heterocycles. The lowest BCUT2D eigenvalue weighted by Crippen LogP contribution is -2.48. The van der Waals surface area contributed by atoms with Crippen LogP contribution in [0.5, 0.6) is 0 Å². The summed E-state index contributed by atoms with van der Waals surface area (Å²) < 4.78 is 0. The van der Waals surface area contributed by atoms with E-state index in [0.717, 1.165) is 0 Å². The summed E-state index contributed by atoms with van der Waals surface area (Å²) in [6.45, 7) is 4.37. The Balaban J connectivity index is 2.23. The van der Waals surface area contributed by atoms with Crippen molar-refractivity contribution in [2.45, 2.75) is 38.6 Å². The summed E-state index contributed by atoms with van der Waals surface area (Å²) in [5, 5.41) is 2.91. The second-order valence-corrected chi connectivity index (χ2v) is 4.28. The third-order valence-corrected chi connectivity index (χ3v) is 2.16. The van der Waals surface area contributed by atoms with Crippen LogP contribution in [-0.4, -0.2) is 18.0 Å². The summed E-state index contributed by atoms with van der Waals surface area (Å²) in [5.41, 5.74) is 5.24. The van der Waals surface area contributed by atoms with Gasteiger partial charge in [0, 0.05) is 18.5 Å². The SMILES string of the molecule is CC(C)(CN)NC(=O)CC1CC1. The fraction of sp³-hybridized carbons (Fsp3) is 0.889. The molecule has 1 aliphatic carbocycles. The van der Waals surface area contributed by atoms with Gasteiger partial charge in [0.1, 0.15) is 0 Å². The Morgan fingerprint density at radius 1 is 1.58 bits per heavy atom. The monoisotopic (exact) mass is 170 g/mol. The van der Waals surface area contributed by atoms with Gasteiger partial charge in [-0.15, -0.1) is 0 Å². The van der Waals surface area contributed by atoms with Gasteiger partial charge < -0.3 is 11.1 Å². The molecule has 0 spiro atoms. The molecule has 0 atom stereocenters. The summed E-state index contributed by atoms with van der Waals surface area (Å²) >= 11 is 0. The highest BCUT2D eigenvalue weighted by Gasteiger charge is 2.26. The number of amides is 1. The van der Waals surface area contributed by atoms with Crippen LogP contribution in [0.3, 0.4) is 0 Å². The first kappa shape index (κ1) is 9.52. The maximum absolute atomic E-state index is 11.3. The molecule has 3 N–H and O–H groups in total. The lowest BCUT2D eigenvalue weighted by Gasteiger charge is -2.24. The van der Waals surface area contributed by atoms with E-state index in [1.807, 2.05) is 13.8 Å². The van der Waals surface area contributed by atoms with E-state index in [-0.39, 0.29) is 11.4 Å². The highest BCUT2D eigenvalue weighted by Crippen LogP contribution is 2.32. The van der Waals surface area contributed by atoms with Gasteiger partial charge in [-0.2, -0.15) is 0 Å². The third-order valence-electron chi connectivity index (χ3n) is 2.16. The van der Waals surface area contributed by atoms with E-state index in [4.69, 9.17) is 5.73 Å². The first-order valence-corrected chi connectivity index (χ1v) is 4.54. The highest BCUT2D eigenvalue weighted by atomic mass is 16.1. The van der Waals surface area contributed by atoms with Crippen molar-refractivity contribution in [3.05, 3.63) is 0 Å². The standard InChI is InChI=1S/C9H18N2O/c1-9(2,6-10)11-8(12)5-7-3-4-7/h7H,3-6,10H2,1-2H3,(H,11,12). The van der Waals surface area contributed by atoms with Crippen molar-refractivity contribution in [2.24, 2.45) is 11.7 Å². The van der Waals surface area contributed by atoms with Crippen LogP contribution in [0.2, 0.25) is 0 Å². The Labute approximate surface area is 73.7 Å². The Hall–Kier alpha value is -0.570. The zero-order valence-electron chi connectivity index (χ0n) is 7.89. The Bertz CT molecular complexity index is 173. The third kappa shape index (κ3) is 3.22. The van der Waals surface area contributed by atoms with Gasteiger partial charge in [-0.05, 0) is 32.6 Å². The van der Waals surface area contributed by atoms with Crippen LogP contribution >= 0.6 is 0 Å². The van der Waals surface area contributed by atoms with Crippen molar-refractivity contribution in [3.8, 4) is 0 Å². The number of carbonyl (C=O) groups excluding carboxylic acids is 1. The molecule has 0 heterocycles. The van der Waals surface area contributed by atoms with Crippen LogP contribution in [0.15, 0.2) is 0 Å². The number of nitrogens with two attached hydrogens (primary N) is 1. The van der Waals surface area contributed by atoms with E-state index in [2.05, 4.69) is 5.32 Å². The van der Waals surface area contributed by atoms with Gasteiger partial charge in [0.25, 0.3) is 0 Å². The van der Waals surface area contributed by atoms with Gasteiger partial charge >= 0.3 is 0 Å². The minimum absolute atomic E-state index is 0.146. The van der Waals surface area contributed by atoms with Crippen molar-refractivity contribution in [3.63, 3.8) is 0 Å². The first-order valence-electron chi connectivity index (χ1n) is 4.54. The molecular weight excluding hydrogens is 152 g/mol. The van der Waals surface area contributed by atoms with Gasteiger partial charge in [-0.3, -0.25) is 4.79 Å². The van der Waals surface area contributed by atoms with Gasteiger partial charge in [0.15, 0.2) is 0 Å². The number of hydrogen-bond donors (Lipinski definition) is 2. The molecule has 3 nitrogen and oxygen atoms in total. The molecule has 12 heavy (non-hydrogen) atoms. The van der Waals surface area contributed by atoms with Crippen molar-refractivity contribution < 1.29 is 4.79 Å². The fourth-order valence-corrected chi connectivity index (χ4v) is 1.06. The quantitative estimate of drug-likeness (QED) is 0.650. The van der Waals surface area contributed by atoms with Gasteiger partial charge in [-0.25, -0.2) is 0 Å². The zero-order chi connectivity index (χ0) is 9.19. The van der Waals surface area contributed by atoms with Crippen molar-refractivity contribution in [2.75, 3.05) is 6.54 Å². The molecule has 0 aliphatic heterocycles. The molecule has 1 rings (SSSR count). The largest absolute Gasteiger partial charge is 0.350 e. The molecule has 0 aromatic heterocycles. The summed E-state index contributed by atoms with van der Waals surface area (Å²) in [6, 6.07) is 0. The summed E-state index contributed by atoms with van der Waals surface area (Å²) in [7, 11) is 0. The number of hydrogen-bond acceptors (Lipinski definition) is 2. The van der Waals surface area contributed by atoms with Crippen molar-refractivity contribution >= 4 is 5.91 Å². The Morgan fingerprint density at radius 2 is 2.17 bits per heavy atom. The van der Waals surface area contributed by atoms with Gasteiger partial charge in [0.2, 0.25) is 5.91 Å². The van der Waals surface area contributed by atoms with E-state index in [1.165, 1.54) is 12.8 Å². The average Bonchev–Trinajstić information content (AvgIpc) is 2.70. The highest BCUT2D eigenvalue weighted by molar-refractivity contribution is 5.77. The van der Waals surface area contributed by atoms with E-state index in [9.17, 15) is 4.79 Å². The molecule has 1 fully saturated rings. The minimum atomic E-state index is -0.244. The predicted molar refractivity (Wildman–Crippen MR) is 48.6 cm³/mol. The van der Waals surface area contributed by atoms with E-state index in [0.29, 0.717) is 18.9 Å². The van der Waals surface area contributed by atoms with Crippen molar-refractivity contribution in [1.82, 2.24) is 5.32 Å². The molecule has 3 heteroatoms. The predicted octanol–water partition coefficient (Wildman–Crippen LogP) is 0.640. The van der Waals surface area contributed by atoms with Gasteiger partial charge in [-0.1, -0.05) is 0 Å². The summed E-state index contributed by atoms with van der Waals surface area (Å²) in [6.07, 6.45) is 3.12.